The monoisotopic (exact) mass is 357 g/mol. The van der Waals surface area contributed by atoms with Crippen LogP contribution in [-0.4, -0.2) is 38.8 Å². The van der Waals surface area contributed by atoms with Crippen molar-refractivity contribution in [3.8, 4) is 11.5 Å². The van der Waals surface area contributed by atoms with E-state index in [9.17, 15) is 9.59 Å². The number of carbonyl (C=O) groups excluding carboxylic acids is 1. The van der Waals surface area contributed by atoms with Crippen LogP contribution in [0.1, 0.15) is 23.1 Å². The molecule has 2 heterocycles. The number of hydrogen-bond donors (Lipinski definition) is 1. The Balaban J connectivity index is 1.77. The van der Waals surface area contributed by atoms with Crippen LogP contribution in [0.25, 0.3) is 5.65 Å². The Kier molecular flexibility index (Phi) is 4.87. The van der Waals surface area contributed by atoms with Crippen LogP contribution >= 0.6 is 0 Å². The summed E-state index contributed by atoms with van der Waals surface area (Å²) in [7, 11) is 3.15. The lowest BCUT2D eigenvalue weighted by Crippen LogP contribution is -2.24. The first-order chi connectivity index (χ1) is 12.5. The number of methoxy groups -OCH3 is 1. The zero-order valence-corrected chi connectivity index (χ0v) is 14.7. The molecule has 0 fully saturated rings. The van der Waals surface area contributed by atoms with Gasteiger partial charge in [0.05, 0.1) is 20.3 Å². The van der Waals surface area contributed by atoms with E-state index in [0.29, 0.717) is 29.5 Å². The van der Waals surface area contributed by atoms with E-state index in [4.69, 9.17) is 9.47 Å². The molecule has 1 N–H and O–H groups in total. The quantitative estimate of drug-likeness (QED) is 0.699. The Labute approximate surface area is 149 Å². The number of nitrogens with one attached hydrogen (secondary N) is 1. The molecule has 0 unspecified atom stereocenters. The van der Waals surface area contributed by atoms with Crippen LogP contribution in [0.15, 0.2) is 35.4 Å². The zero-order chi connectivity index (χ0) is 18.7. The van der Waals surface area contributed by atoms with Gasteiger partial charge < -0.3 is 19.4 Å². The standard InChI is InChI=1S/C17H19N5O4/c1-4-26-12-6-5-11(9-13(12)25-3)16(23)18-10-14-19-20-15-17(24)21(2)7-8-22(14)15/h5-9H,4,10H2,1-3H3,(H,18,23). The molecule has 2 aromatic heterocycles. The molecule has 0 spiro atoms. The molecule has 0 bridgehead atoms. The number of hydrogen-bond acceptors (Lipinski definition) is 6. The van der Waals surface area contributed by atoms with Gasteiger partial charge in [0.1, 0.15) is 0 Å². The van der Waals surface area contributed by atoms with Crippen molar-refractivity contribution in [1.82, 2.24) is 24.5 Å². The first-order valence-electron chi connectivity index (χ1n) is 8.03. The first-order valence-corrected chi connectivity index (χ1v) is 8.03. The smallest absolute Gasteiger partial charge is 0.295 e. The van der Waals surface area contributed by atoms with Crippen LogP contribution in [-0.2, 0) is 13.6 Å². The van der Waals surface area contributed by atoms with E-state index in [0.717, 1.165) is 0 Å². The van der Waals surface area contributed by atoms with E-state index in [2.05, 4.69) is 15.5 Å². The summed E-state index contributed by atoms with van der Waals surface area (Å²) in [5.41, 5.74) is 0.380. The van der Waals surface area contributed by atoms with Crippen LogP contribution < -0.4 is 20.3 Å². The van der Waals surface area contributed by atoms with Gasteiger partial charge in [0.15, 0.2) is 17.3 Å². The minimum atomic E-state index is -0.299. The molecule has 0 saturated heterocycles. The second-order valence-corrected chi connectivity index (χ2v) is 5.51. The van der Waals surface area contributed by atoms with Crippen molar-refractivity contribution in [1.29, 1.82) is 0 Å². The predicted octanol–water partition coefficient (Wildman–Crippen LogP) is 0.765. The molecule has 3 aromatic rings. The van der Waals surface area contributed by atoms with E-state index in [1.165, 1.54) is 11.7 Å². The lowest BCUT2D eigenvalue weighted by Gasteiger charge is -2.11. The highest BCUT2D eigenvalue weighted by Gasteiger charge is 2.13. The van der Waals surface area contributed by atoms with Gasteiger partial charge in [0.2, 0.25) is 5.65 Å². The third kappa shape index (κ3) is 3.23. The molecule has 3 rings (SSSR count). The van der Waals surface area contributed by atoms with Gasteiger partial charge in [0.25, 0.3) is 11.5 Å². The Morgan fingerprint density at radius 2 is 2.04 bits per heavy atom. The Morgan fingerprint density at radius 3 is 2.77 bits per heavy atom. The highest BCUT2D eigenvalue weighted by Crippen LogP contribution is 2.27. The van der Waals surface area contributed by atoms with Gasteiger partial charge in [0, 0.05) is 25.0 Å². The van der Waals surface area contributed by atoms with Crippen molar-refractivity contribution < 1.29 is 14.3 Å². The predicted molar refractivity (Wildman–Crippen MR) is 93.6 cm³/mol. The molecule has 1 amide bonds. The highest BCUT2D eigenvalue weighted by molar-refractivity contribution is 5.94. The molecule has 0 radical (unpaired) electrons. The number of fused-ring (bicyclic) bond motifs is 1. The summed E-state index contributed by atoms with van der Waals surface area (Å²) < 4.78 is 13.7. The second-order valence-electron chi connectivity index (χ2n) is 5.51. The van der Waals surface area contributed by atoms with E-state index in [1.54, 1.807) is 42.0 Å². The Bertz CT molecular complexity index is 1010. The van der Waals surface area contributed by atoms with Crippen molar-refractivity contribution in [3.63, 3.8) is 0 Å². The number of nitrogens with zero attached hydrogens (tertiary/aromatic N) is 4. The third-order valence-electron chi connectivity index (χ3n) is 3.85. The van der Waals surface area contributed by atoms with Crippen LogP contribution in [0.4, 0.5) is 0 Å². The fraction of sp³-hybridized carbons (Fsp3) is 0.294. The summed E-state index contributed by atoms with van der Waals surface area (Å²) in [5.74, 6) is 1.22. The topological polar surface area (TPSA) is 99.8 Å². The second kappa shape index (κ2) is 7.26. The fourth-order valence-electron chi connectivity index (χ4n) is 2.48. The maximum Gasteiger partial charge on any atom is 0.295 e. The average Bonchev–Trinajstić information content (AvgIpc) is 3.07. The molecule has 0 aliphatic rings. The van der Waals surface area contributed by atoms with Gasteiger partial charge >= 0.3 is 0 Å². The van der Waals surface area contributed by atoms with Crippen LogP contribution in [0.5, 0.6) is 11.5 Å². The lowest BCUT2D eigenvalue weighted by molar-refractivity contribution is 0.0949. The Hall–Kier alpha value is -3.36. The van der Waals surface area contributed by atoms with Gasteiger partial charge in [-0.2, -0.15) is 0 Å². The molecule has 1 aromatic carbocycles. The molecule has 0 aliphatic heterocycles. The number of amides is 1. The summed E-state index contributed by atoms with van der Waals surface area (Å²) in [6, 6.07) is 4.95. The largest absolute Gasteiger partial charge is 0.493 e. The van der Waals surface area contributed by atoms with Gasteiger partial charge in [-0.25, -0.2) is 0 Å². The number of benzene rings is 1. The molecule has 136 valence electrons. The summed E-state index contributed by atoms with van der Waals surface area (Å²) in [4.78, 5) is 24.4. The maximum atomic E-state index is 12.4. The molecule has 9 heteroatoms. The highest BCUT2D eigenvalue weighted by atomic mass is 16.5. The number of aryl methyl sites for hydroxylation is 1. The lowest BCUT2D eigenvalue weighted by atomic mass is 10.2. The van der Waals surface area contributed by atoms with Crippen molar-refractivity contribution in [2.45, 2.75) is 13.5 Å². The molecule has 0 atom stereocenters. The number of aromatic nitrogens is 4. The number of rotatable bonds is 6. The van der Waals surface area contributed by atoms with E-state index < -0.39 is 0 Å². The van der Waals surface area contributed by atoms with Crippen molar-refractivity contribution in [2.24, 2.45) is 7.05 Å². The molecular formula is C17H19N5O4. The molecule has 0 aliphatic carbocycles. The summed E-state index contributed by atoms with van der Waals surface area (Å²) in [5, 5.41) is 10.6. The van der Waals surface area contributed by atoms with Gasteiger partial charge in [-0.1, -0.05) is 0 Å². The summed E-state index contributed by atoms with van der Waals surface area (Å²) in [6.07, 6.45) is 3.29. The van der Waals surface area contributed by atoms with Crippen molar-refractivity contribution >= 4 is 11.6 Å². The van der Waals surface area contributed by atoms with E-state index in [1.807, 2.05) is 6.92 Å². The third-order valence-corrected chi connectivity index (χ3v) is 3.85. The summed E-state index contributed by atoms with van der Waals surface area (Å²) >= 11 is 0. The molecule has 0 saturated carbocycles. The fourth-order valence-corrected chi connectivity index (χ4v) is 2.48. The zero-order valence-electron chi connectivity index (χ0n) is 14.7. The van der Waals surface area contributed by atoms with E-state index in [-0.39, 0.29) is 23.7 Å². The van der Waals surface area contributed by atoms with Gasteiger partial charge in [-0.05, 0) is 25.1 Å². The molecule has 26 heavy (non-hydrogen) atoms. The van der Waals surface area contributed by atoms with Crippen molar-refractivity contribution in [2.75, 3.05) is 13.7 Å². The minimum Gasteiger partial charge on any atom is -0.493 e. The van der Waals surface area contributed by atoms with Crippen LogP contribution in [0.3, 0.4) is 0 Å². The maximum absolute atomic E-state index is 12.4. The van der Waals surface area contributed by atoms with Crippen LogP contribution in [0.2, 0.25) is 0 Å². The SMILES string of the molecule is CCOc1ccc(C(=O)NCc2nnc3c(=O)n(C)ccn23)cc1OC. The first kappa shape index (κ1) is 17.5. The number of carbonyl (C=O) groups is 1. The van der Waals surface area contributed by atoms with Crippen LogP contribution in [0, 0.1) is 0 Å². The average molecular weight is 357 g/mol. The normalized spacial score (nSPS) is 10.7. The summed E-state index contributed by atoms with van der Waals surface area (Å²) in [6.45, 7) is 2.50. The van der Waals surface area contributed by atoms with E-state index >= 15 is 0 Å². The Morgan fingerprint density at radius 1 is 1.23 bits per heavy atom. The van der Waals surface area contributed by atoms with Gasteiger partial charge in [-0.15, -0.1) is 10.2 Å². The van der Waals surface area contributed by atoms with Crippen molar-refractivity contribution in [3.05, 3.63) is 52.3 Å². The molecule has 9 nitrogen and oxygen atoms in total. The van der Waals surface area contributed by atoms with Gasteiger partial charge in [-0.3, -0.25) is 14.0 Å². The minimum absolute atomic E-state index is 0.128. The number of ether oxygens (including phenoxy) is 2. The molecular weight excluding hydrogens is 338 g/mol.